The van der Waals surface area contributed by atoms with Gasteiger partial charge < -0.3 is 5.11 Å². The van der Waals surface area contributed by atoms with E-state index in [2.05, 4.69) is 58.9 Å². The molecule has 0 saturated carbocycles. The molecule has 1 N–H and O–H groups in total. The molecule has 0 aliphatic rings. The first kappa shape index (κ1) is 20.1. The van der Waals surface area contributed by atoms with E-state index in [-0.39, 0.29) is 0 Å². The molecule has 0 aromatic heterocycles. The Labute approximate surface area is 157 Å². The van der Waals surface area contributed by atoms with Crippen LogP contribution in [-0.4, -0.2) is 22.6 Å². The smallest absolute Gasteiger partial charge is 0.0975 e. The number of nitrogens with zero attached hydrogens (tertiary/aromatic N) is 2. The lowest BCUT2D eigenvalue weighted by Gasteiger charge is -2.16. The normalized spacial score (nSPS) is 13.8. The maximum Gasteiger partial charge on any atom is 0.0975 e. The molecule has 2 rings (SSSR count). The van der Waals surface area contributed by atoms with Crippen LogP contribution in [0.15, 0.2) is 46.4 Å². The summed E-state index contributed by atoms with van der Waals surface area (Å²) in [6.45, 7) is 12.3. The summed E-state index contributed by atoms with van der Waals surface area (Å²) in [5.74, 6) is 0. The highest BCUT2D eigenvalue weighted by Crippen LogP contribution is 2.27. The molecule has 0 bridgehead atoms. The first-order valence-electron chi connectivity index (χ1n) is 9.36. The van der Waals surface area contributed by atoms with Crippen LogP contribution in [0.2, 0.25) is 0 Å². The molecule has 0 amide bonds. The van der Waals surface area contributed by atoms with Crippen LogP contribution in [0.1, 0.15) is 48.9 Å². The van der Waals surface area contributed by atoms with Gasteiger partial charge in [-0.3, -0.25) is 4.99 Å². The molecule has 0 aliphatic heterocycles. The average Bonchev–Trinajstić information content (AvgIpc) is 2.61. The number of aliphatic hydroxyl groups excluding tert-OH is 1. The van der Waals surface area contributed by atoms with Gasteiger partial charge in [-0.2, -0.15) is 0 Å². The average molecular weight is 351 g/mol. The molecule has 138 valence electrons. The molecule has 2 aromatic rings. The van der Waals surface area contributed by atoms with Gasteiger partial charge in [-0.1, -0.05) is 50.2 Å². The monoisotopic (exact) mass is 350 g/mol. The van der Waals surface area contributed by atoms with Crippen molar-refractivity contribution in [3.8, 4) is 0 Å². The zero-order valence-corrected chi connectivity index (χ0v) is 16.8. The molecule has 1 atom stereocenters. The number of aliphatic imine (C=N–C) groups is 2. The molecule has 0 saturated heterocycles. The standard InChI is InChI=1S/C23H30N2O/c1-7-19(24-21-15(3)11-9-12-16(21)4)23(20(26)8-2)25-22-17(5)13-10-14-18(22)6/h9-14,20,26H,7-8H2,1-6H3. The summed E-state index contributed by atoms with van der Waals surface area (Å²) in [6, 6.07) is 12.3. The van der Waals surface area contributed by atoms with Gasteiger partial charge in [0.25, 0.3) is 0 Å². The number of rotatable bonds is 6. The Kier molecular flexibility index (Phi) is 6.87. The van der Waals surface area contributed by atoms with E-state index < -0.39 is 6.10 Å². The summed E-state index contributed by atoms with van der Waals surface area (Å²) in [7, 11) is 0. The van der Waals surface area contributed by atoms with Crippen LogP contribution in [0.25, 0.3) is 0 Å². The number of aliphatic hydroxyl groups is 1. The van der Waals surface area contributed by atoms with Crippen molar-refractivity contribution in [2.24, 2.45) is 9.98 Å². The van der Waals surface area contributed by atoms with Crippen molar-refractivity contribution in [1.82, 2.24) is 0 Å². The van der Waals surface area contributed by atoms with Crippen molar-refractivity contribution in [3.63, 3.8) is 0 Å². The zero-order chi connectivity index (χ0) is 19.3. The van der Waals surface area contributed by atoms with Crippen molar-refractivity contribution in [1.29, 1.82) is 0 Å². The fourth-order valence-corrected chi connectivity index (χ4v) is 3.06. The summed E-state index contributed by atoms with van der Waals surface area (Å²) in [4.78, 5) is 9.82. The molecule has 2 aromatic carbocycles. The van der Waals surface area contributed by atoms with Gasteiger partial charge in [0.05, 0.1) is 28.9 Å². The first-order valence-corrected chi connectivity index (χ1v) is 9.36. The van der Waals surface area contributed by atoms with Crippen molar-refractivity contribution < 1.29 is 5.11 Å². The van der Waals surface area contributed by atoms with E-state index >= 15 is 0 Å². The van der Waals surface area contributed by atoms with E-state index in [1.165, 1.54) is 0 Å². The highest BCUT2D eigenvalue weighted by molar-refractivity contribution is 6.44. The molecule has 26 heavy (non-hydrogen) atoms. The van der Waals surface area contributed by atoms with Crippen molar-refractivity contribution in [2.75, 3.05) is 0 Å². The van der Waals surface area contributed by atoms with Crippen LogP contribution in [-0.2, 0) is 0 Å². The van der Waals surface area contributed by atoms with Crippen LogP contribution in [0.4, 0.5) is 11.4 Å². The van der Waals surface area contributed by atoms with Gasteiger partial charge in [0.15, 0.2) is 0 Å². The van der Waals surface area contributed by atoms with E-state index in [1.54, 1.807) is 0 Å². The first-order chi connectivity index (χ1) is 12.4. The van der Waals surface area contributed by atoms with Crippen molar-refractivity contribution in [2.45, 2.75) is 60.5 Å². The van der Waals surface area contributed by atoms with E-state index in [4.69, 9.17) is 9.98 Å². The molecule has 0 spiro atoms. The topological polar surface area (TPSA) is 45.0 Å². The predicted molar refractivity (Wildman–Crippen MR) is 113 cm³/mol. The fourth-order valence-electron chi connectivity index (χ4n) is 3.06. The molecule has 0 fully saturated rings. The summed E-state index contributed by atoms with van der Waals surface area (Å²) >= 11 is 0. The van der Waals surface area contributed by atoms with Crippen LogP contribution in [0.3, 0.4) is 0 Å². The highest BCUT2D eigenvalue weighted by Gasteiger charge is 2.18. The second-order valence-electron chi connectivity index (χ2n) is 6.81. The minimum absolute atomic E-state index is 0.607. The summed E-state index contributed by atoms with van der Waals surface area (Å²) in [6.07, 6.45) is 0.696. The fraction of sp³-hybridized carbons (Fsp3) is 0.391. The van der Waals surface area contributed by atoms with Crippen LogP contribution in [0.5, 0.6) is 0 Å². The third kappa shape index (κ3) is 4.47. The number of hydrogen-bond donors (Lipinski definition) is 1. The molecular weight excluding hydrogens is 320 g/mol. The lowest BCUT2D eigenvalue weighted by atomic mass is 10.0. The van der Waals surface area contributed by atoms with Crippen LogP contribution in [0, 0.1) is 27.7 Å². The largest absolute Gasteiger partial charge is 0.387 e. The zero-order valence-electron chi connectivity index (χ0n) is 16.8. The lowest BCUT2D eigenvalue weighted by molar-refractivity contribution is 0.239. The second kappa shape index (κ2) is 8.91. The molecule has 1 unspecified atom stereocenters. The van der Waals surface area contributed by atoms with Crippen LogP contribution >= 0.6 is 0 Å². The van der Waals surface area contributed by atoms with Gasteiger partial charge >= 0.3 is 0 Å². The van der Waals surface area contributed by atoms with Crippen molar-refractivity contribution in [3.05, 3.63) is 58.7 Å². The number of hydrogen-bond acceptors (Lipinski definition) is 3. The molecule has 0 heterocycles. The van der Waals surface area contributed by atoms with Gasteiger partial charge in [0.2, 0.25) is 0 Å². The van der Waals surface area contributed by atoms with Gasteiger partial charge in [-0.25, -0.2) is 4.99 Å². The Balaban J connectivity index is 2.65. The van der Waals surface area contributed by atoms with Crippen molar-refractivity contribution >= 4 is 22.8 Å². The predicted octanol–water partition coefficient (Wildman–Crippen LogP) is 5.95. The summed E-state index contributed by atoms with van der Waals surface area (Å²) < 4.78 is 0. The van der Waals surface area contributed by atoms with E-state index in [1.807, 2.05) is 19.1 Å². The maximum absolute atomic E-state index is 10.7. The Morgan fingerprint density at radius 1 is 0.808 bits per heavy atom. The number of para-hydroxylation sites is 2. The Morgan fingerprint density at radius 3 is 1.62 bits per heavy atom. The molecule has 0 radical (unpaired) electrons. The summed E-state index contributed by atoms with van der Waals surface area (Å²) in [5.41, 5.74) is 7.90. The summed E-state index contributed by atoms with van der Waals surface area (Å²) in [5, 5.41) is 10.7. The van der Waals surface area contributed by atoms with E-state index in [0.717, 1.165) is 39.3 Å². The van der Waals surface area contributed by atoms with Crippen LogP contribution < -0.4 is 0 Å². The quantitative estimate of drug-likeness (QED) is 0.643. The van der Waals surface area contributed by atoms with Gasteiger partial charge in [-0.05, 0) is 62.8 Å². The SMILES string of the molecule is CCC(=Nc1c(C)cccc1C)C(=Nc1c(C)cccc1C)C(O)CC. The Bertz CT molecular complexity index is 794. The maximum atomic E-state index is 10.7. The molecule has 3 nitrogen and oxygen atoms in total. The Morgan fingerprint density at radius 2 is 1.23 bits per heavy atom. The Hall–Kier alpha value is -2.26. The van der Waals surface area contributed by atoms with Gasteiger partial charge in [-0.15, -0.1) is 0 Å². The lowest BCUT2D eigenvalue weighted by Crippen LogP contribution is -2.27. The minimum Gasteiger partial charge on any atom is -0.387 e. The third-order valence-corrected chi connectivity index (χ3v) is 4.69. The minimum atomic E-state index is -0.628. The van der Waals surface area contributed by atoms with Gasteiger partial charge in [0.1, 0.15) is 0 Å². The van der Waals surface area contributed by atoms with E-state index in [9.17, 15) is 5.11 Å². The molecular formula is C23H30N2O. The van der Waals surface area contributed by atoms with E-state index in [0.29, 0.717) is 18.6 Å². The molecule has 0 aliphatic carbocycles. The number of aryl methyl sites for hydroxylation is 4. The highest BCUT2D eigenvalue weighted by atomic mass is 16.3. The second-order valence-corrected chi connectivity index (χ2v) is 6.81. The number of benzene rings is 2. The van der Waals surface area contributed by atoms with Gasteiger partial charge in [0, 0.05) is 0 Å². The third-order valence-electron chi connectivity index (χ3n) is 4.69. The molecule has 3 heteroatoms.